The van der Waals surface area contributed by atoms with Crippen LogP contribution in [0.3, 0.4) is 0 Å². The molecule has 0 spiro atoms. The van der Waals surface area contributed by atoms with Gasteiger partial charge in [-0.05, 0) is 82.5 Å². The second-order valence-electron chi connectivity index (χ2n) is 10.9. The molecule has 256 valence electrons. The summed E-state index contributed by atoms with van der Waals surface area (Å²) in [5, 5.41) is 9.51. The largest absolute Gasteiger partial charge is 0.493 e. The van der Waals surface area contributed by atoms with Gasteiger partial charge < -0.3 is 53.8 Å². The van der Waals surface area contributed by atoms with Crippen molar-refractivity contribution in [1.82, 2.24) is 9.80 Å². The van der Waals surface area contributed by atoms with E-state index in [1.54, 1.807) is 12.1 Å². The van der Waals surface area contributed by atoms with Crippen LogP contribution >= 0.6 is 0 Å². The highest BCUT2D eigenvalue weighted by atomic mass is 16.6. The Kier molecular flexibility index (Phi) is 15.0. The summed E-state index contributed by atoms with van der Waals surface area (Å²) >= 11 is 0. The fourth-order valence-corrected chi connectivity index (χ4v) is 5.45. The monoisotopic (exact) mass is 647 g/mol. The first-order valence-electron chi connectivity index (χ1n) is 15.6. The molecule has 1 heterocycles. The van der Waals surface area contributed by atoms with E-state index < -0.39 is 18.0 Å². The molecule has 0 radical (unpaired) electrons. The summed E-state index contributed by atoms with van der Waals surface area (Å²) in [5.74, 6) is 0.305. The van der Waals surface area contributed by atoms with Crippen LogP contribution in [-0.2, 0) is 4.74 Å². The molecule has 1 aliphatic rings. The fourth-order valence-electron chi connectivity index (χ4n) is 5.45. The molecule has 0 aliphatic carbocycles. The van der Waals surface area contributed by atoms with E-state index in [9.17, 15) is 14.7 Å². The maximum absolute atomic E-state index is 13.4. The van der Waals surface area contributed by atoms with E-state index in [2.05, 4.69) is 9.80 Å². The van der Waals surface area contributed by atoms with E-state index in [4.69, 9.17) is 38.9 Å². The Hall–Kier alpha value is -3.94. The molecule has 1 aliphatic heterocycles. The number of hydrogen-bond acceptors (Lipinski definition) is 12. The molecule has 3 rings (SSSR count). The van der Waals surface area contributed by atoms with Crippen LogP contribution in [0.25, 0.3) is 0 Å². The van der Waals surface area contributed by atoms with Crippen LogP contribution in [0.4, 0.5) is 0 Å². The average Bonchev–Trinajstić information content (AvgIpc) is 3.31. The first-order valence-corrected chi connectivity index (χ1v) is 15.6. The molecule has 2 aromatic rings. The van der Waals surface area contributed by atoms with E-state index >= 15 is 0 Å². The number of carbonyl (C=O) groups is 2. The maximum atomic E-state index is 13.4. The Morgan fingerprint density at radius 3 is 1.83 bits per heavy atom. The number of nitrogens with two attached hydrogens (primary N) is 1. The van der Waals surface area contributed by atoms with Crippen LogP contribution in [0.2, 0.25) is 0 Å². The number of carboxylic acid groups (broad SMARTS) is 1. The van der Waals surface area contributed by atoms with Crippen molar-refractivity contribution >= 4 is 11.9 Å². The topological polar surface area (TPSA) is 151 Å². The number of rotatable bonds is 19. The molecule has 46 heavy (non-hydrogen) atoms. The highest BCUT2D eigenvalue weighted by Crippen LogP contribution is 2.39. The van der Waals surface area contributed by atoms with E-state index in [0.29, 0.717) is 48.8 Å². The Labute approximate surface area is 271 Å². The molecule has 0 aromatic heterocycles. The van der Waals surface area contributed by atoms with Crippen molar-refractivity contribution in [3.63, 3.8) is 0 Å². The lowest BCUT2D eigenvalue weighted by Crippen LogP contribution is -2.34. The van der Waals surface area contributed by atoms with Gasteiger partial charge in [0, 0.05) is 19.6 Å². The van der Waals surface area contributed by atoms with Crippen molar-refractivity contribution in [2.75, 3.05) is 88.0 Å². The summed E-state index contributed by atoms with van der Waals surface area (Å²) in [5.41, 5.74) is 6.01. The van der Waals surface area contributed by atoms with Crippen LogP contribution in [0, 0.1) is 0 Å². The van der Waals surface area contributed by atoms with Gasteiger partial charge in [0.2, 0.25) is 11.5 Å². The molecule has 0 bridgehead atoms. The zero-order valence-corrected chi connectivity index (χ0v) is 27.7. The quantitative estimate of drug-likeness (QED) is 0.169. The van der Waals surface area contributed by atoms with Crippen LogP contribution in [0.15, 0.2) is 24.3 Å². The molecule has 1 atom stereocenters. The van der Waals surface area contributed by atoms with E-state index in [0.717, 1.165) is 52.1 Å². The SMILES string of the molecule is COc1cc(C(=O)OC(CCCOc2cc(C(=O)O)cc(OC)c2OC)CCN2CCCN(CCCN)CC2)cc(OC)c1OC. The van der Waals surface area contributed by atoms with Crippen molar-refractivity contribution in [2.45, 2.75) is 38.2 Å². The maximum Gasteiger partial charge on any atom is 0.338 e. The average molecular weight is 648 g/mol. The predicted octanol–water partition coefficient (Wildman–Crippen LogP) is 3.56. The standard InChI is InChI=1S/C33H49N3O10/c1-40-26-19-23(32(37)38)20-29(31(26)44-5)45-18-6-9-25(10-15-36-14-8-13-35(16-17-36)12-7-11-34)46-33(39)24-21-27(41-2)30(43-4)28(22-24)42-3/h19-22,25H,6-18,34H2,1-5H3,(H,37,38). The molecule has 13 nitrogen and oxygen atoms in total. The summed E-state index contributed by atoms with van der Waals surface area (Å²) in [6.07, 6.45) is 3.32. The Morgan fingerprint density at radius 2 is 1.28 bits per heavy atom. The van der Waals surface area contributed by atoms with Crippen molar-refractivity contribution in [3.05, 3.63) is 35.4 Å². The number of methoxy groups -OCH3 is 5. The lowest BCUT2D eigenvalue weighted by Gasteiger charge is -2.25. The fraction of sp³-hybridized carbons (Fsp3) is 0.576. The lowest BCUT2D eigenvalue weighted by molar-refractivity contribution is 0.0221. The number of carboxylic acids is 1. The second-order valence-corrected chi connectivity index (χ2v) is 10.9. The third-order valence-corrected chi connectivity index (χ3v) is 7.92. The number of aromatic carboxylic acids is 1. The van der Waals surface area contributed by atoms with Crippen LogP contribution < -0.4 is 34.2 Å². The van der Waals surface area contributed by atoms with Gasteiger partial charge in [0.05, 0.1) is 53.3 Å². The minimum Gasteiger partial charge on any atom is -0.493 e. The lowest BCUT2D eigenvalue weighted by atomic mass is 10.1. The predicted molar refractivity (Wildman–Crippen MR) is 172 cm³/mol. The third-order valence-electron chi connectivity index (χ3n) is 7.92. The molecule has 1 saturated heterocycles. The van der Waals surface area contributed by atoms with Crippen molar-refractivity contribution in [1.29, 1.82) is 0 Å². The van der Waals surface area contributed by atoms with Crippen LogP contribution in [0.1, 0.15) is 52.8 Å². The molecule has 13 heteroatoms. The van der Waals surface area contributed by atoms with Gasteiger partial charge in [-0.15, -0.1) is 0 Å². The summed E-state index contributed by atoms with van der Waals surface area (Å²) in [6.45, 7) is 6.62. The third kappa shape index (κ3) is 10.3. The van der Waals surface area contributed by atoms with Gasteiger partial charge in [-0.3, -0.25) is 0 Å². The second kappa shape index (κ2) is 18.9. The number of nitrogens with zero attached hydrogens (tertiary/aromatic N) is 2. The highest BCUT2D eigenvalue weighted by molar-refractivity contribution is 5.91. The number of benzene rings is 2. The minimum absolute atomic E-state index is 0.0175. The highest BCUT2D eigenvalue weighted by Gasteiger charge is 2.23. The molecule has 1 fully saturated rings. The van der Waals surface area contributed by atoms with Crippen molar-refractivity contribution in [2.24, 2.45) is 5.73 Å². The molecule has 0 amide bonds. The number of hydrogen-bond donors (Lipinski definition) is 2. The summed E-state index contributed by atoms with van der Waals surface area (Å²) in [4.78, 5) is 29.9. The zero-order valence-electron chi connectivity index (χ0n) is 27.7. The van der Waals surface area contributed by atoms with E-state index in [-0.39, 0.29) is 29.2 Å². The molecular formula is C33H49N3O10. The molecule has 1 unspecified atom stereocenters. The number of esters is 1. The smallest absolute Gasteiger partial charge is 0.338 e. The summed E-state index contributed by atoms with van der Waals surface area (Å²) in [7, 11) is 7.38. The molecule has 3 N–H and O–H groups in total. The van der Waals surface area contributed by atoms with Gasteiger partial charge in [-0.1, -0.05) is 0 Å². The van der Waals surface area contributed by atoms with Crippen molar-refractivity contribution < 1.29 is 47.9 Å². The first kappa shape index (κ1) is 36.5. The van der Waals surface area contributed by atoms with Gasteiger partial charge in [0.25, 0.3) is 0 Å². The van der Waals surface area contributed by atoms with Gasteiger partial charge in [-0.25, -0.2) is 9.59 Å². The van der Waals surface area contributed by atoms with Gasteiger partial charge in [0.1, 0.15) is 6.10 Å². The van der Waals surface area contributed by atoms with Crippen LogP contribution in [-0.4, -0.2) is 121 Å². The van der Waals surface area contributed by atoms with Gasteiger partial charge >= 0.3 is 11.9 Å². The van der Waals surface area contributed by atoms with Crippen molar-refractivity contribution in [3.8, 4) is 34.5 Å². The van der Waals surface area contributed by atoms with Gasteiger partial charge in [-0.2, -0.15) is 0 Å². The first-order chi connectivity index (χ1) is 22.3. The summed E-state index contributed by atoms with van der Waals surface area (Å²) in [6, 6.07) is 5.93. The Bertz CT molecular complexity index is 1250. The Morgan fingerprint density at radius 1 is 0.739 bits per heavy atom. The van der Waals surface area contributed by atoms with E-state index in [1.165, 1.54) is 47.7 Å². The summed E-state index contributed by atoms with van der Waals surface area (Å²) < 4.78 is 39.0. The normalized spacial score (nSPS) is 14.6. The molecule has 0 saturated carbocycles. The Balaban J connectivity index is 1.72. The van der Waals surface area contributed by atoms with E-state index in [1.807, 2.05) is 0 Å². The molecular weight excluding hydrogens is 598 g/mol. The van der Waals surface area contributed by atoms with Crippen LogP contribution in [0.5, 0.6) is 34.5 Å². The number of ether oxygens (including phenoxy) is 7. The minimum atomic E-state index is -1.11. The molecule has 2 aromatic carbocycles. The zero-order chi connectivity index (χ0) is 33.5. The van der Waals surface area contributed by atoms with Gasteiger partial charge in [0.15, 0.2) is 23.0 Å². The number of carbonyl (C=O) groups excluding carboxylic acids is 1.